The summed E-state index contributed by atoms with van der Waals surface area (Å²) in [7, 11) is 5.83. The maximum absolute atomic E-state index is 12.2. The van der Waals surface area contributed by atoms with E-state index in [0.717, 1.165) is 49.5 Å². The molecular weight excluding hydrogens is 364 g/mol. The third-order valence-corrected chi connectivity index (χ3v) is 5.48. The topological polar surface area (TPSA) is 50.8 Å². The summed E-state index contributed by atoms with van der Waals surface area (Å²) in [5.74, 6) is 2.20. The summed E-state index contributed by atoms with van der Waals surface area (Å²) in [6, 6.07) is 6.09. The summed E-state index contributed by atoms with van der Waals surface area (Å²) in [5, 5.41) is 3.12. The molecule has 0 atom stereocenters. The number of rotatable bonds is 11. The van der Waals surface area contributed by atoms with Gasteiger partial charge in [-0.15, -0.1) is 0 Å². The highest BCUT2D eigenvalue weighted by molar-refractivity contribution is 5.92. The first-order chi connectivity index (χ1) is 14.0. The highest BCUT2D eigenvalue weighted by Crippen LogP contribution is 2.29. The molecular formula is C24H38N2O3. The number of nitrogens with zero attached hydrogens (tertiary/aromatic N) is 1. The molecule has 1 amide bonds. The van der Waals surface area contributed by atoms with Crippen LogP contribution in [0.3, 0.4) is 0 Å². The lowest BCUT2D eigenvalue weighted by Gasteiger charge is -2.26. The third kappa shape index (κ3) is 8.90. The van der Waals surface area contributed by atoms with E-state index in [1.807, 2.05) is 24.3 Å². The van der Waals surface area contributed by atoms with Crippen molar-refractivity contribution >= 4 is 12.0 Å². The highest BCUT2D eigenvalue weighted by atomic mass is 16.5. The van der Waals surface area contributed by atoms with Crippen LogP contribution in [0.2, 0.25) is 0 Å². The number of nitrogens with one attached hydrogen (secondary N) is 1. The van der Waals surface area contributed by atoms with Gasteiger partial charge in [-0.1, -0.05) is 13.0 Å². The summed E-state index contributed by atoms with van der Waals surface area (Å²) in [5.41, 5.74) is 0.924. The van der Waals surface area contributed by atoms with Crippen molar-refractivity contribution in [2.45, 2.75) is 57.9 Å². The maximum atomic E-state index is 12.2. The van der Waals surface area contributed by atoms with Crippen molar-refractivity contribution < 1.29 is 14.3 Å². The molecule has 162 valence electrons. The molecule has 1 aliphatic carbocycles. The van der Waals surface area contributed by atoms with Gasteiger partial charge in [0.05, 0.1) is 13.7 Å². The largest absolute Gasteiger partial charge is 0.493 e. The van der Waals surface area contributed by atoms with Crippen LogP contribution in [-0.2, 0) is 4.79 Å². The van der Waals surface area contributed by atoms with Gasteiger partial charge in [-0.2, -0.15) is 0 Å². The Morgan fingerprint density at radius 3 is 2.59 bits per heavy atom. The van der Waals surface area contributed by atoms with Crippen LogP contribution >= 0.6 is 0 Å². The maximum Gasteiger partial charge on any atom is 0.244 e. The fraction of sp³-hybridized carbons (Fsp3) is 0.625. The molecule has 1 saturated carbocycles. The van der Waals surface area contributed by atoms with Gasteiger partial charge >= 0.3 is 0 Å². The first-order valence-electron chi connectivity index (χ1n) is 10.9. The monoisotopic (exact) mass is 402 g/mol. The Balaban J connectivity index is 1.79. The van der Waals surface area contributed by atoms with Crippen molar-refractivity contribution in [3.8, 4) is 11.5 Å². The molecule has 0 bridgehead atoms. The number of hydrogen-bond acceptors (Lipinski definition) is 4. The van der Waals surface area contributed by atoms with Gasteiger partial charge in [0, 0.05) is 12.1 Å². The predicted molar refractivity (Wildman–Crippen MR) is 119 cm³/mol. The zero-order valence-corrected chi connectivity index (χ0v) is 18.6. The standard InChI is InChI=1S/C24H38N2O3/c1-19-8-12-21(13-9-19)25-24(27)15-11-20-10-14-22(23(18-20)28-4)29-17-7-5-6-16-26(2)3/h10-11,14-15,18-19,21H,5-9,12-13,16-17H2,1-4H3,(H,25,27)/b15-11+. The van der Waals surface area contributed by atoms with Crippen molar-refractivity contribution in [3.63, 3.8) is 0 Å². The lowest BCUT2D eigenvalue weighted by molar-refractivity contribution is -0.117. The Hall–Kier alpha value is -2.01. The zero-order chi connectivity index (χ0) is 21.1. The Labute approximate surface area is 176 Å². The summed E-state index contributed by atoms with van der Waals surface area (Å²) < 4.78 is 11.4. The highest BCUT2D eigenvalue weighted by Gasteiger charge is 2.18. The number of amides is 1. The number of carbonyl (C=O) groups excluding carboxylic acids is 1. The summed E-state index contributed by atoms with van der Waals surface area (Å²) in [6.07, 6.45) is 11.3. The number of hydrogen-bond donors (Lipinski definition) is 1. The minimum Gasteiger partial charge on any atom is -0.493 e. The van der Waals surface area contributed by atoms with Crippen LogP contribution in [0, 0.1) is 5.92 Å². The van der Waals surface area contributed by atoms with E-state index in [2.05, 4.69) is 31.2 Å². The second-order valence-electron chi connectivity index (χ2n) is 8.42. The van der Waals surface area contributed by atoms with Gasteiger partial charge in [0.25, 0.3) is 0 Å². The van der Waals surface area contributed by atoms with E-state index in [0.29, 0.717) is 18.4 Å². The van der Waals surface area contributed by atoms with E-state index in [1.165, 1.54) is 19.3 Å². The van der Waals surface area contributed by atoms with Gasteiger partial charge in [-0.05, 0) is 95.3 Å². The second kappa shape index (κ2) is 12.5. The van der Waals surface area contributed by atoms with E-state index in [-0.39, 0.29) is 5.91 Å². The molecule has 1 aromatic rings. The zero-order valence-electron chi connectivity index (χ0n) is 18.6. The number of methoxy groups -OCH3 is 1. The molecule has 29 heavy (non-hydrogen) atoms. The molecule has 5 nitrogen and oxygen atoms in total. The number of carbonyl (C=O) groups is 1. The lowest BCUT2D eigenvalue weighted by atomic mass is 9.87. The predicted octanol–water partition coefficient (Wildman–Crippen LogP) is 4.51. The minimum atomic E-state index is -0.0263. The molecule has 0 saturated heterocycles. The quantitative estimate of drug-likeness (QED) is 0.437. The molecule has 0 aliphatic heterocycles. The summed E-state index contributed by atoms with van der Waals surface area (Å²) in [4.78, 5) is 14.4. The molecule has 1 aliphatic rings. The number of benzene rings is 1. The Morgan fingerprint density at radius 2 is 1.90 bits per heavy atom. The molecule has 5 heteroatoms. The van der Waals surface area contributed by atoms with Crippen LogP contribution in [0.25, 0.3) is 6.08 Å². The fourth-order valence-corrected chi connectivity index (χ4v) is 3.62. The summed E-state index contributed by atoms with van der Waals surface area (Å²) >= 11 is 0. The van der Waals surface area contributed by atoms with Crippen LogP contribution in [0.1, 0.15) is 57.4 Å². The average Bonchev–Trinajstić information content (AvgIpc) is 2.71. The van der Waals surface area contributed by atoms with Gasteiger partial charge in [0.1, 0.15) is 0 Å². The van der Waals surface area contributed by atoms with E-state index in [4.69, 9.17) is 9.47 Å². The van der Waals surface area contributed by atoms with Gasteiger partial charge < -0.3 is 19.7 Å². The number of ether oxygens (including phenoxy) is 2. The first kappa shape index (κ1) is 23.3. The number of unbranched alkanes of at least 4 members (excludes halogenated alkanes) is 2. The van der Waals surface area contributed by atoms with E-state index >= 15 is 0 Å². The van der Waals surface area contributed by atoms with Crippen molar-refractivity contribution in [1.29, 1.82) is 0 Å². The third-order valence-electron chi connectivity index (χ3n) is 5.48. The van der Waals surface area contributed by atoms with Gasteiger partial charge in [-0.3, -0.25) is 4.79 Å². The average molecular weight is 403 g/mol. The Kier molecular flexibility index (Phi) is 10.1. The van der Waals surface area contributed by atoms with E-state index in [1.54, 1.807) is 13.2 Å². The van der Waals surface area contributed by atoms with Crippen molar-refractivity contribution in [2.24, 2.45) is 5.92 Å². The van der Waals surface area contributed by atoms with Crippen LogP contribution in [0.15, 0.2) is 24.3 Å². The molecule has 0 unspecified atom stereocenters. The Bertz CT molecular complexity index is 650. The summed E-state index contributed by atoms with van der Waals surface area (Å²) in [6.45, 7) is 4.07. The molecule has 0 spiro atoms. The molecule has 1 fully saturated rings. The lowest BCUT2D eigenvalue weighted by Crippen LogP contribution is -2.36. The van der Waals surface area contributed by atoms with Crippen LogP contribution in [0.5, 0.6) is 11.5 Å². The normalized spacial score (nSPS) is 19.5. The molecule has 0 radical (unpaired) electrons. The molecule has 0 aromatic heterocycles. The van der Waals surface area contributed by atoms with Crippen LogP contribution < -0.4 is 14.8 Å². The molecule has 1 aromatic carbocycles. The van der Waals surface area contributed by atoms with Crippen molar-refractivity contribution in [2.75, 3.05) is 34.4 Å². The fourth-order valence-electron chi connectivity index (χ4n) is 3.62. The second-order valence-corrected chi connectivity index (χ2v) is 8.42. The van der Waals surface area contributed by atoms with Gasteiger partial charge in [0.2, 0.25) is 5.91 Å². The van der Waals surface area contributed by atoms with E-state index < -0.39 is 0 Å². The van der Waals surface area contributed by atoms with Crippen LogP contribution in [-0.4, -0.2) is 51.2 Å². The van der Waals surface area contributed by atoms with Crippen LogP contribution in [0.4, 0.5) is 0 Å². The Morgan fingerprint density at radius 1 is 1.14 bits per heavy atom. The minimum absolute atomic E-state index is 0.0263. The molecule has 2 rings (SSSR count). The van der Waals surface area contributed by atoms with Crippen molar-refractivity contribution in [3.05, 3.63) is 29.8 Å². The smallest absolute Gasteiger partial charge is 0.244 e. The van der Waals surface area contributed by atoms with Gasteiger partial charge in [-0.25, -0.2) is 0 Å². The van der Waals surface area contributed by atoms with Gasteiger partial charge in [0.15, 0.2) is 11.5 Å². The molecule has 0 heterocycles. The van der Waals surface area contributed by atoms with Crippen molar-refractivity contribution in [1.82, 2.24) is 10.2 Å². The van der Waals surface area contributed by atoms with E-state index in [9.17, 15) is 4.79 Å². The first-order valence-corrected chi connectivity index (χ1v) is 10.9. The molecule has 1 N–H and O–H groups in total. The SMILES string of the molecule is COc1cc(/C=C/C(=O)NC2CCC(C)CC2)ccc1OCCCCCN(C)C.